The van der Waals surface area contributed by atoms with Crippen LogP contribution in [0.15, 0.2) is 72.8 Å². The molecule has 0 unspecified atom stereocenters. The van der Waals surface area contributed by atoms with Crippen LogP contribution in [0.1, 0.15) is 38.2 Å². The summed E-state index contributed by atoms with van der Waals surface area (Å²) in [5, 5.41) is 23.7. The number of rotatable bonds is 2. The summed E-state index contributed by atoms with van der Waals surface area (Å²) in [5.74, 6) is -0.818. The van der Waals surface area contributed by atoms with Crippen LogP contribution in [-0.4, -0.2) is 22.0 Å². The molecule has 0 fully saturated rings. The summed E-state index contributed by atoms with van der Waals surface area (Å²) in [6.45, 7) is 0. The fraction of sp³-hybridized carbons (Fsp3) is 0.0345. The van der Waals surface area contributed by atoms with Gasteiger partial charge in [0.2, 0.25) is 0 Å². The third-order valence-corrected chi connectivity index (χ3v) is 6.54. The molecule has 0 spiro atoms. The van der Waals surface area contributed by atoms with Crippen LogP contribution in [0, 0.1) is 0 Å². The molecule has 2 aliphatic rings. The number of carbonyl (C=O) groups excluding carboxylic acids is 1. The van der Waals surface area contributed by atoms with E-state index in [0.29, 0.717) is 12.0 Å². The van der Waals surface area contributed by atoms with Gasteiger partial charge < -0.3 is 10.2 Å². The fourth-order valence-corrected chi connectivity index (χ4v) is 5.10. The first-order valence-electron chi connectivity index (χ1n) is 10.7. The van der Waals surface area contributed by atoms with Crippen molar-refractivity contribution in [1.82, 2.24) is 0 Å². The van der Waals surface area contributed by atoms with E-state index in [1.54, 1.807) is 36.4 Å². The number of hydrogen-bond donors (Lipinski definition) is 2. The van der Waals surface area contributed by atoms with Crippen molar-refractivity contribution >= 4 is 40.3 Å². The van der Waals surface area contributed by atoms with Gasteiger partial charge in [-0.3, -0.25) is 4.79 Å². The molecular formula is C29H18O4. The predicted octanol–water partition coefficient (Wildman–Crippen LogP) is 3.77. The lowest BCUT2D eigenvalue weighted by atomic mass is 9.78. The molecule has 0 radical (unpaired) electrons. The lowest BCUT2D eigenvalue weighted by molar-refractivity contribution is -0.109. The van der Waals surface area contributed by atoms with Crippen molar-refractivity contribution in [3.63, 3.8) is 0 Å². The van der Waals surface area contributed by atoms with Crippen molar-refractivity contribution < 1.29 is 19.8 Å². The number of fused-ring (bicyclic) bond motifs is 6. The molecule has 4 heteroatoms. The number of carboxylic acids is 1. The van der Waals surface area contributed by atoms with Crippen LogP contribution < -0.4 is 10.4 Å². The lowest BCUT2D eigenvalue weighted by Gasteiger charge is -2.25. The number of allylic oxidation sites excluding steroid dienone is 1. The molecule has 4 aromatic carbocycles. The minimum Gasteiger partial charge on any atom is -0.508 e. The zero-order chi connectivity index (χ0) is 22.7. The highest BCUT2D eigenvalue weighted by molar-refractivity contribution is 6.17. The molecule has 2 aliphatic carbocycles. The van der Waals surface area contributed by atoms with Crippen molar-refractivity contribution in [2.75, 3.05) is 0 Å². The van der Waals surface area contributed by atoms with E-state index in [2.05, 4.69) is 0 Å². The van der Waals surface area contributed by atoms with Crippen molar-refractivity contribution in [3.8, 4) is 5.75 Å². The molecule has 0 aliphatic heterocycles. The molecule has 4 nitrogen and oxygen atoms in total. The van der Waals surface area contributed by atoms with Gasteiger partial charge in [0, 0.05) is 0 Å². The Morgan fingerprint density at radius 3 is 2.55 bits per heavy atom. The molecule has 0 amide bonds. The molecular weight excluding hydrogens is 412 g/mol. The normalized spacial score (nSPS) is 13.8. The largest absolute Gasteiger partial charge is 0.508 e. The first-order chi connectivity index (χ1) is 16.0. The van der Waals surface area contributed by atoms with Gasteiger partial charge in [0.25, 0.3) is 0 Å². The SMILES string of the molecule is O=C1C=Cc2c3c(ccc2=C1)=C(c1ccccc1C(=O)O)c1ccc2cc(O)ccc2c1C3. The summed E-state index contributed by atoms with van der Waals surface area (Å²) in [6, 6.07) is 20.3. The van der Waals surface area contributed by atoms with Crippen LogP contribution in [0.25, 0.3) is 28.5 Å². The number of hydrogen-bond acceptors (Lipinski definition) is 3. The topological polar surface area (TPSA) is 74.6 Å². The van der Waals surface area contributed by atoms with Crippen LogP contribution in [-0.2, 0) is 11.2 Å². The summed E-state index contributed by atoms with van der Waals surface area (Å²) in [7, 11) is 0. The Morgan fingerprint density at radius 1 is 0.848 bits per heavy atom. The Bertz CT molecular complexity index is 1690. The van der Waals surface area contributed by atoms with Crippen molar-refractivity contribution in [2.45, 2.75) is 6.42 Å². The van der Waals surface area contributed by atoms with Gasteiger partial charge in [0.05, 0.1) is 5.56 Å². The molecule has 0 atom stereocenters. The Balaban J connectivity index is 1.80. The maximum Gasteiger partial charge on any atom is 0.336 e. The zero-order valence-corrected chi connectivity index (χ0v) is 17.5. The van der Waals surface area contributed by atoms with Gasteiger partial charge in [0.1, 0.15) is 5.75 Å². The zero-order valence-electron chi connectivity index (χ0n) is 17.5. The van der Waals surface area contributed by atoms with Gasteiger partial charge >= 0.3 is 5.97 Å². The highest BCUT2D eigenvalue weighted by atomic mass is 16.4. The molecule has 6 rings (SSSR count). The first kappa shape index (κ1) is 19.3. The summed E-state index contributed by atoms with van der Waals surface area (Å²) in [5.41, 5.74) is 5.88. The third-order valence-electron chi connectivity index (χ3n) is 6.54. The van der Waals surface area contributed by atoms with E-state index in [1.807, 2.05) is 48.5 Å². The molecule has 33 heavy (non-hydrogen) atoms. The van der Waals surface area contributed by atoms with Crippen LogP contribution in [0.3, 0.4) is 0 Å². The smallest absolute Gasteiger partial charge is 0.336 e. The maximum atomic E-state index is 12.1. The van der Waals surface area contributed by atoms with Crippen LogP contribution >= 0.6 is 0 Å². The van der Waals surface area contributed by atoms with Gasteiger partial charge in [-0.2, -0.15) is 0 Å². The van der Waals surface area contributed by atoms with Gasteiger partial charge in [0.15, 0.2) is 5.78 Å². The van der Waals surface area contributed by atoms with E-state index in [1.165, 1.54) is 0 Å². The first-order valence-corrected chi connectivity index (χ1v) is 10.7. The number of phenols is 1. The number of aromatic hydroxyl groups is 1. The molecule has 0 heterocycles. The molecule has 0 saturated carbocycles. The Kier molecular flexibility index (Phi) is 4.11. The highest BCUT2D eigenvalue weighted by Gasteiger charge is 2.25. The molecule has 2 N–H and O–H groups in total. The van der Waals surface area contributed by atoms with Gasteiger partial charge in [-0.25, -0.2) is 4.79 Å². The molecule has 0 bridgehead atoms. The number of phenolic OH excluding ortho intramolecular Hbond substituents is 1. The maximum absolute atomic E-state index is 12.1. The van der Waals surface area contributed by atoms with E-state index in [4.69, 9.17) is 0 Å². The summed E-state index contributed by atoms with van der Waals surface area (Å²) in [4.78, 5) is 24.1. The van der Waals surface area contributed by atoms with Crippen molar-refractivity contribution in [1.29, 1.82) is 0 Å². The van der Waals surface area contributed by atoms with E-state index >= 15 is 0 Å². The Hall–Kier alpha value is -4.44. The van der Waals surface area contributed by atoms with Crippen LogP contribution in [0.4, 0.5) is 0 Å². The van der Waals surface area contributed by atoms with Gasteiger partial charge in [-0.15, -0.1) is 0 Å². The van der Waals surface area contributed by atoms with Gasteiger partial charge in [-0.1, -0.05) is 54.6 Å². The Labute approximate surface area is 189 Å². The van der Waals surface area contributed by atoms with Gasteiger partial charge in [-0.05, 0) is 91.4 Å². The number of ketones is 1. The van der Waals surface area contributed by atoms with Crippen LogP contribution in [0.5, 0.6) is 5.75 Å². The fourth-order valence-electron chi connectivity index (χ4n) is 5.10. The molecule has 0 saturated heterocycles. The monoisotopic (exact) mass is 430 g/mol. The van der Waals surface area contributed by atoms with E-state index in [0.717, 1.165) is 49.0 Å². The third kappa shape index (κ3) is 2.92. The molecule has 158 valence electrons. The van der Waals surface area contributed by atoms with E-state index in [-0.39, 0.29) is 17.1 Å². The second kappa shape index (κ2) is 7.04. The lowest BCUT2D eigenvalue weighted by Crippen LogP contribution is -2.28. The summed E-state index contributed by atoms with van der Waals surface area (Å²) >= 11 is 0. The van der Waals surface area contributed by atoms with Crippen molar-refractivity contribution in [3.05, 3.63) is 117 Å². The second-order valence-electron chi connectivity index (χ2n) is 8.37. The quantitative estimate of drug-likeness (QED) is 0.447. The number of carboxylic acid groups (broad SMARTS) is 1. The average Bonchev–Trinajstić information content (AvgIpc) is 2.82. The summed E-state index contributed by atoms with van der Waals surface area (Å²) in [6.07, 6.45) is 5.71. The van der Waals surface area contributed by atoms with Crippen LogP contribution in [0.2, 0.25) is 0 Å². The van der Waals surface area contributed by atoms with E-state index in [9.17, 15) is 19.8 Å². The predicted molar refractivity (Wildman–Crippen MR) is 128 cm³/mol. The van der Waals surface area contributed by atoms with Crippen molar-refractivity contribution in [2.24, 2.45) is 0 Å². The number of aromatic carboxylic acids is 1. The minimum atomic E-state index is -0.978. The minimum absolute atomic E-state index is 0.0417. The standard InChI is InChI=1S/C29H18O4/c30-18-7-11-20-16(13-18)5-9-23-26(20)15-27-21-12-8-19(31)14-17(21)6-10-24(27)28(23)22-3-1-2-4-25(22)29(32)33/h1-14,30H,15H2,(H,32,33). The molecule has 0 aromatic heterocycles. The van der Waals surface area contributed by atoms with E-state index < -0.39 is 5.97 Å². The Morgan fingerprint density at radius 2 is 1.70 bits per heavy atom. The number of benzene rings is 4. The highest BCUT2D eigenvalue weighted by Crippen LogP contribution is 2.36. The molecule has 4 aromatic rings. The summed E-state index contributed by atoms with van der Waals surface area (Å²) < 4.78 is 0. The average molecular weight is 430 g/mol. The number of carbonyl (C=O) groups is 2. The second-order valence-corrected chi connectivity index (χ2v) is 8.37.